The predicted octanol–water partition coefficient (Wildman–Crippen LogP) is 5.15. The van der Waals surface area contributed by atoms with Gasteiger partial charge in [0, 0.05) is 45.0 Å². The maximum absolute atomic E-state index is 13.7. The fourth-order valence-corrected chi connectivity index (χ4v) is 6.05. The van der Waals surface area contributed by atoms with Gasteiger partial charge in [0.15, 0.2) is 5.11 Å². The van der Waals surface area contributed by atoms with Crippen LogP contribution in [0.3, 0.4) is 0 Å². The van der Waals surface area contributed by atoms with Gasteiger partial charge in [0.2, 0.25) is 5.91 Å². The van der Waals surface area contributed by atoms with Gasteiger partial charge in [-0.25, -0.2) is 4.39 Å². The average molecular weight is 618 g/mol. The highest BCUT2D eigenvalue weighted by molar-refractivity contribution is 7.80. The van der Waals surface area contributed by atoms with Gasteiger partial charge in [0.1, 0.15) is 17.6 Å². The lowest BCUT2D eigenvalue weighted by molar-refractivity contribution is -0.124. The second-order valence-electron chi connectivity index (χ2n) is 11.2. The number of rotatable bonds is 13. The van der Waals surface area contributed by atoms with Gasteiger partial charge >= 0.3 is 0 Å². The fraction of sp³-hybridized carbons (Fsp3) is 0.382. The lowest BCUT2D eigenvalue weighted by atomic mass is 10.1. The van der Waals surface area contributed by atoms with Crippen LogP contribution >= 0.6 is 12.2 Å². The number of piperazine rings is 1. The Balaban J connectivity index is 1.19. The number of amides is 2. The van der Waals surface area contributed by atoms with E-state index in [4.69, 9.17) is 17.0 Å². The Kier molecular flexibility index (Phi) is 10.9. The van der Waals surface area contributed by atoms with E-state index in [9.17, 15) is 14.0 Å². The van der Waals surface area contributed by atoms with Crippen molar-refractivity contribution in [2.45, 2.75) is 38.8 Å². The molecule has 1 unspecified atom stereocenters. The lowest BCUT2D eigenvalue weighted by Crippen LogP contribution is -2.47. The van der Waals surface area contributed by atoms with Crippen LogP contribution in [0.5, 0.6) is 5.75 Å². The van der Waals surface area contributed by atoms with E-state index in [-0.39, 0.29) is 18.2 Å². The molecule has 8 nitrogen and oxygen atoms in total. The van der Waals surface area contributed by atoms with Crippen LogP contribution in [-0.4, -0.2) is 83.5 Å². The second kappa shape index (κ2) is 15.2. The smallest absolute Gasteiger partial charge is 0.256 e. The second-order valence-corrected chi connectivity index (χ2v) is 11.6. The normalized spacial score (nSPS) is 17.7. The minimum atomic E-state index is -0.748. The molecule has 0 saturated carbocycles. The molecule has 2 amide bonds. The topological polar surface area (TPSA) is 68.4 Å². The fourth-order valence-electron chi connectivity index (χ4n) is 5.63. The summed E-state index contributed by atoms with van der Waals surface area (Å²) in [7, 11) is 0. The zero-order valence-corrected chi connectivity index (χ0v) is 26.0. The van der Waals surface area contributed by atoms with Crippen molar-refractivity contribution in [2.24, 2.45) is 0 Å². The van der Waals surface area contributed by atoms with Crippen LogP contribution in [-0.2, 0) is 16.1 Å². The Hall–Kier alpha value is -3.86. The number of thiocarbonyl (C=S) groups is 1. The number of benzene rings is 3. The maximum Gasteiger partial charge on any atom is 0.256 e. The van der Waals surface area contributed by atoms with Crippen LogP contribution in [0.25, 0.3) is 0 Å². The molecule has 0 bridgehead atoms. The third kappa shape index (κ3) is 8.19. The molecule has 2 fully saturated rings. The first-order chi connectivity index (χ1) is 21.4. The molecule has 2 aliphatic heterocycles. The summed E-state index contributed by atoms with van der Waals surface area (Å²) < 4.78 is 19.3. The molecule has 0 spiro atoms. The van der Waals surface area contributed by atoms with Gasteiger partial charge in [0.25, 0.3) is 5.91 Å². The van der Waals surface area contributed by atoms with Crippen molar-refractivity contribution in [1.29, 1.82) is 0 Å². The zero-order chi connectivity index (χ0) is 30.9. The van der Waals surface area contributed by atoms with Gasteiger partial charge in [-0.15, -0.1) is 0 Å². The van der Waals surface area contributed by atoms with Gasteiger partial charge in [-0.3, -0.25) is 19.4 Å². The van der Waals surface area contributed by atoms with E-state index in [2.05, 4.69) is 39.4 Å². The van der Waals surface area contributed by atoms with Crippen molar-refractivity contribution in [3.05, 3.63) is 90.2 Å². The Morgan fingerprint density at radius 2 is 1.61 bits per heavy atom. The Labute approximate surface area is 264 Å². The van der Waals surface area contributed by atoms with Crippen molar-refractivity contribution in [1.82, 2.24) is 14.7 Å². The number of hydrogen-bond acceptors (Lipinski definition) is 6. The third-order valence-corrected chi connectivity index (χ3v) is 8.40. The molecule has 10 heteroatoms. The molecule has 2 saturated heterocycles. The highest BCUT2D eigenvalue weighted by Gasteiger charge is 2.44. The Morgan fingerprint density at radius 1 is 0.932 bits per heavy atom. The molecule has 3 aromatic rings. The van der Waals surface area contributed by atoms with Crippen LogP contribution in [0.1, 0.15) is 31.7 Å². The molecule has 5 rings (SSSR count). The molecule has 44 heavy (non-hydrogen) atoms. The largest absolute Gasteiger partial charge is 0.494 e. The van der Waals surface area contributed by atoms with Gasteiger partial charge < -0.3 is 19.9 Å². The highest BCUT2D eigenvalue weighted by Crippen LogP contribution is 2.28. The first-order valence-electron chi connectivity index (χ1n) is 15.3. The molecule has 0 radical (unpaired) electrons. The maximum atomic E-state index is 13.7. The van der Waals surface area contributed by atoms with Crippen LogP contribution in [0.2, 0.25) is 0 Å². The molecule has 2 heterocycles. The van der Waals surface area contributed by atoms with Crippen molar-refractivity contribution in [2.75, 3.05) is 56.1 Å². The van der Waals surface area contributed by atoms with Gasteiger partial charge in [-0.1, -0.05) is 37.3 Å². The molecular formula is C34H40FN5O3S. The molecule has 3 aromatic carbocycles. The monoisotopic (exact) mass is 617 g/mol. The molecule has 232 valence electrons. The van der Waals surface area contributed by atoms with Crippen LogP contribution in [0.15, 0.2) is 78.9 Å². The number of carbonyl (C=O) groups is 2. The summed E-state index contributed by atoms with van der Waals surface area (Å²) in [6, 6.07) is 22.7. The first-order valence-corrected chi connectivity index (χ1v) is 15.7. The van der Waals surface area contributed by atoms with Crippen LogP contribution < -0.4 is 15.0 Å². The van der Waals surface area contributed by atoms with Gasteiger partial charge in [0.05, 0.1) is 18.7 Å². The van der Waals surface area contributed by atoms with Gasteiger partial charge in [-0.05, 0) is 85.7 Å². The zero-order valence-electron chi connectivity index (χ0n) is 25.2. The van der Waals surface area contributed by atoms with E-state index in [1.165, 1.54) is 34.7 Å². The van der Waals surface area contributed by atoms with E-state index in [0.29, 0.717) is 29.6 Å². The molecule has 0 aliphatic carbocycles. The molecule has 1 N–H and O–H groups in total. The Bertz CT molecular complexity index is 1400. The number of anilines is 2. The van der Waals surface area contributed by atoms with E-state index < -0.39 is 11.9 Å². The van der Waals surface area contributed by atoms with Crippen molar-refractivity contribution >= 4 is 40.5 Å². The van der Waals surface area contributed by atoms with Crippen LogP contribution in [0, 0.1) is 5.82 Å². The minimum Gasteiger partial charge on any atom is -0.494 e. The van der Waals surface area contributed by atoms with Gasteiger partial charge in [-0.2, -0.15) is 0 Å². The minimum absolute atomic E-state index is 0.0527. The SMILES string of the molecule is CCCOc1ccc(NC(=O)CC2C(=O)N(c3ccc(F)cc3)C(=S)N2CCCN2CCN(Cc3ccccc3)CC2)cc1. The number of carbonyl (C=O) groups excluding carboxylic acids is 2. The highest BCUT2D eigenvalue weighted by atomic mass is 32.1. The quantitative estimate of drug-likeness (QED) is 0.266. The van der Waals surface area contributed by atoms with E-state index in [1.54, 1.807) is 12.1 Å². The summed E-state index contributed by atoms with van der Waals surface area (Å²) in [6.45, 7) is 8.99. The number of nitrogens with zero attached hydrogens (tertiary/aromatic N) is 4. The first kappa shape index (κ1) is 31.6. The van der Waals surface area contributed by atoms with E-state index in [0.717, 1.165) is 57.9 Å². The van der Waals surface area contributed by atoms with E-state index >= 15 is 0 Å². The number of nitrogens with one attached hydrogen (secondary N) is 1. The number of halogens is 1. The van der Waals surface area contributed by atoms with Crippen molar-refractivity contribution in [3.63, 3.8) is 0 Å². The summed E-state index contributed by atoms with van der Waals surface area (Å²) in [5.41, 5.74) is 2.44. The van der Waals surface area contributed by atoms with Crippen molar-refractivity contribution in [3.8, 4) is 5.75 Å². The molecule has 2 aliphatic rings. The molecule has 1 atom stereocenters. The number of ether oxygens (including phenoxy) is 1. The van der Waals surface area contributed by atoms with Crippen LogP contribution in [0.4, 0.5) is 15.8 Å². The van der Waals surface area contributed by atoms with Crippen molar-refractivity contribution < 1.29 is 18.7 Å². The predicted molar refractivity (Wildman–Crippen MR) is 175 cm³/mol. The molecule has 0 aromatic heterocycles. The summed E-state index contributed by atoms with van der Waals surface area (Å²) in [6.07, 6.45) is 1.65. The summed E-state index contributed by atoms with van der Waals surface area (Å²) in [5, 5.41) is 3.24. The lowest BCUT2D eigenvalue weighted by Gasteiger charge is -2.35. The Morgan fingerprint density at radius 3 is 2.30 bits per heavy atom. The standard InChI is InChI=1S/C34H40FN5O3S/c1-2-23-43-30-15-11-28(12-16-30)36-32(41)24-31-33(42)40(29-13-9-27(35)10-14-29)34(44)39(31)18-6-17-37-19-21-38(22-20-37)25-26-7-4-3-5-8-26/h3-5,7-16,31H,2,6,17-25H2,1H3,(H,36,41). The summed E-state index contributed by atoms with van der Waals surface area (Å²) in [5.74, 6) is -0.225. The number of hydrogen-bond donors (Lipinski definition) is 1. The summed E-state index contributed by atoms with van der Waals surface area (Å²) in [4.78, 5) is 35.0. The molecular weight excluding hydrogens is 577 g/mol. The van der Waals surface area contributed by atoms with E-state index in [1.807, 2.05) is 30.0 Å². The summed E-state index contributed by atoms with van der Waals surface area (Å²) >= 11 is 5.78. The average Bonchev–Trinajstić information content (AvgIpc) is 3.26. The third-order valence-electron chi connectivity index (χ3n) is 7.98.